The predicted molar refractivity (Wildman–Crippen MR) is 137 cm³/mol. The molecule has 3 aromatic carbocycles. The van der Waals surface area contributed by atoms with Gasteiger partial charge in [0.2, 0.25) is 5.91 Å². The third kappa shape index (κ3) is 4.83. The number of hydrogen-bond acceptors (Lipinski definition) is 5. The highest BCUT2D eigenvalue weighted by Crippen LogP contribution is 2.36. The van der Waals surface area contributed by atoms with E-state index in [0.29, 0.717) is 18.1 Å². The van der Waals surface area contributed by atoms with Crippen molar-refractivity contribution in [2.24, 2.45) is 0 Å². The molecule has 6 heteroatoms. The average Bonchev–Trinajstić information content (AvgIpc) is 3.56. The topological polar surface area (TPSA) is 51.7 Å². The molecule has 1 aliphatic heterocycles. The average molecular weight is 473 g/mol. The van der Waals surface area contributed by atoms with Crippen LogP contribution in [0.25, 0.3) is 10.2 Å². The van der Waals surface area contributed by atoms with Gasteiger partial charge in [-0.05, 0) is 36.1 Å². The number of hydrogen-bond donors (Lipinski definition) is 0. The number of rotatable bonds is 8. The Bertz CT molecular complexity index is 1200. The number of aromatic nitrogens is 1. The highest BCUT2D eigenvalue weighted by Gasteiger charge is 2.29. The Hall–Kier alpha value is -3.22. The van der Waals surface area contributed by atoms with Crippen LogP contribution < -0.4 is 9.64 Å². The Balaban J connectivity index is 1.49. The summed E-state index contributed by atoms with van der Waals surface area (Å²) in [5, 5.41) is 0.694. The molecule has 1 fully saturated rings. The Morgan fingerprint density at radius 3 is 2.38 bits per heavy atom. The number of carbonyl (C=O) groups excluding carboxylic acids is 1. The van der Waals surface area contributed by atoms with Crippen LogP contribution in [0.5, 0.6) is 5.75 Å². The highest BCUT2D eigenvalue weighted by atomic mass is 32.1. The van der Waals surface area contributed by atoms with Gasteiger partial charge >= 0.3 is 0 Å². The molecule has 1 aliphatic rings. The zero-order valence-corrected chi connectivity index (χ0v) is 20.0. The zero-order chi connectivity index (χ0) is 23.3. The van der Waals surface area contributed by atoms with Crippen LogP contribution in [0, 0.1) is 0 Å². The summed E-state index contributed by atoms with van der Waals surface area (Å²) in [6.07, 6.45) is 2.37. The molecule has 0 aliphatic carbocycles. The van der Waals surface area contributed by atoms with Crippen LogP contribution in [0.4, 0.5) is 5.13 Å². The number of benzene rings is 3. The van der Waals surface area contributed by atoms with Gasteiger partial charge in [0.15, 0.2) is 5.13 Å². The third-order valence-corrected chi connectivity index (χ3v) is 7.36. The fourth-order valence-corrected chi connectivity index (χ4v) is 5.56. The Morgan fingerprint density at radius 1 is 1.06 bits per heavy atom. The van der Waals surface area contributed by atoms with Gasteiger partial charge in [-0.15, -0.1) is 0 Å². The van der Waals surface area contributed by atoms with Crippen molar-refractivity contribution in [3.8, 4) is 5.75 Å². The van der Waals surface area contributed by atoms with E-state index in [-0.39, 0.29) is 17.9 Å². The second-order valence-electron chi connectivity index (χ2n) is 8.52. The maximum absolute atomic E-state index is 13.9. The van der Waals surface area contributed by atoms with Gasteiger partial charge in [0.25, 0.3) is 0 Å². The number of carbonyl (C=O) groups is 1. The van der Waals surface area contributed by atoms with Crippen LogP contribution in [0.3, 0.4) is 0 Å². The first-order valence-corrected chi connectivity index (χ1v) is 12.5. The second kappa shape index (κ2) is 10.4. The van der Waals surface area contributed by atoms with E-state index in [0.717, 1.165) is 46.5 Å². The molecule has 0 radical (unpaired) electrons. The molecule has 4 aromatic rings. The third-order valence-electron chi connectivity index (χ3n) is 6.32. The zero-order valence-electron chi connectivity index (χ0n) is 19.2. The Kier molecular flexibility index (Phi) is 6.88. The molecule has 5 rings (SSSR count). The van der Waals surface area contributed by atoms with E-state index in [1.54, 1.807) is 7.11 Å². The van der Waals surface area contributed by atoms with E-state index in [4.69, 9.17) is 14.5 Å². The monoisotopic (exact) mass is 472 g/mol. The van der Waals surface area contributed by atoms with E-state index in [2.05, 4.69) is 24.3 Å². The van der Waals surface area contributed by atoms with Gasteiger partial charge in [0, 0.05) is 18.9 Å². The van der Waals surface area contributed by atoms with Crippen molar-refractivity contribution in [1.82, 2.24) is 4.98 Å². The summed E-state index contributed by atoms with van der Waals surface area (Å²) in [6.45, 7) is 1.26. The van der Waals surface area contributed by atoms with Gasteiger partial charge in [-0.25, -0.2) is 4.98 Å². The number of methoxy groups -OCH3 is 1. The molecular weight excluding hydrogens is 444 g/mol. The van der Waals surface area contributed by atoms with Gasteiger partial charge in [-0.1, -0.05) is 78.1 Å². The lowest BCUT2D eigenvalue weighted by molar-refractivity contribution is -0.119. The van der Waals surface area contributed by atoms with Crippen molar-refractivity contribution in [2.45, 2.75) is 31.3 Å². The molecular formula is C28H28N2O3S. The minimum atomic E-state index is -0.0363. The molecule has 34 heavy (non-hydrogen) atoms. The summed E-state index contributed by atoms with van der Waals surface area (Å²) < 4.78 is 12.4. The summed E-state index contributed by atoms with van der Waals surface area (Å²) in [5.74, 6) is 0.730. The number of amides is 1. The van der Waals surface area contributed by atoms with Crippen LogP contribution in [0.15, 0.2) is 78.9 Å². The summed E-state index contributed by atoms with van der Waals surface area (Å²) in [7, 11) is 1.65. The fraction of sp³-hybridized carbons (Fsp3) is 0.286. The first-order valence-electron chi connectivity index (χ1n) is 11.7. The molecule has 0 bridgehead atoms. The number of anilines is 1. The first kappa shape index (κ1) is 22.6. The summed E-state index contributed by atoms with van der Waals surface area (Å²) in [5.41, 5.74) is 3.05. The molecule has 0 N–H and O–H groups in total. The van der Waals surface area contributed by atoms with Gasteiger partial charge < -0.3 is 9.47 Å². The fourth-order valence-electron chi connectivity index (χ4n) is 4.55. The first-order chi connectivity index (χ1) is 16.7. The molecule has 1 unspecified atom stereocenters. The molecule has 0 spiro atoms. The van der Waals surface area contributed by atoms with E-state index < -0.39 is 0 Å². The Labute approximate surface area is 204 Å². The predicted octanol–water partition coefficient (Wildman–Crippen LogP) is 6.04. The minimum absolute atomic E-state index is 0.0322. The van der Waals surface area contributed by atoms with Gasteiger partial charge in [-0.2, -0.15) is 0 Å². The lowest BCUT2D eigenvalue weighted by Crippen LogP contribution is -2.38. The van der Waals surface area contributed by atoms with Gasteiger partial charge in [-0.3, -0.25) is 9.69 Å². The highest BCUT2D eigenvalue weighted by molar-refractivity contribution is 7.22. The molecule has 5 nitrogen and oxygen atoms in total. The maximum atomic E-state index is 13.9. The lowest BCUT2D eigenvalue weighted by Gasteiger charge is -2.26. The summed E-state index contributed by atoms with van der Waals surface area (Å²) >= 11 is 1.52. The molecule has 2 heterocycles. The number of fused-ring (bicyclic) bond motifs is 1. The van der Waals surface area contributed by atoms with Crippen LogP contribution in [-0.2, 0) is 9.53 Å². The van der Waals surface area contributed by atoms with Crippen molar-refractivity contribution in [2.75, 3.05) is 25.2 Å². The minimum Gasteiger partial charge on any atom is -0.494 e. The van der Waals surface area contributed by atoms with E-state index >= 15 is 0 Å². The van der Waals surface area contributed by atoms with E-state index in [1.807, 2.05) is 59.5 Å². The van der Waals surface area contributed by atoms with E-state index in [1.165, 1.54) is 11.3 Å². The second-order valence-corrected chi connectivity index (χ2v) is 9.53. The molecule has 1 atom stereocenters. The van der Waals surface area contributed by atoms with Crippen LogP contribution in [0.1, 0.15) is 36.3 Å². The maximum Gasteiger partial charge on any atom is 0.229 e. The van der Waals surface area contributed by atoms with Crippen LogP contribution in [0.2, 0.25) is 0 Å². The molecule has 0 saturated carbocycles. The normalized spacial score (nSPS) is 15.6. The van der Waals surface area contributed by atoms with Crippen molar-refractivity contribution in [3.05, 3.63) is 90.0 Å². The number of para-hydroxylation sites is 1. The summed E-state index contributed by atoms with van der Waals surface area (Å²) in [6, 6.07) is 26.4. The van der Waals surface area contributed by atoms with Crippen molar-refractivity contribution in [1.29, 1.82) is 0 Å². The quantitative estimate of drug-likeness (QED) is 0.314. The number of nitrogens with zero attached hydrogens (tertiary/aromatic N) is 2. The molecule has 1 saturated heterocycles. The molecule has 1 aromatic heterocycles. The molecule has 1 amide bonds. The lowest BCUT2D eigenvalue weighted by atomic mass is 9.88. The van der Waals surface area contributed by atoms with Gasteiger partial charge in [0.1, 0.15) is 11.3 Å². The van der Waals surface area contributed by atoms with Crippen LogP contribution >= 0.6 is 11.3 Å². The van der Waals surface area contributed by atoms with Crippen molar-refractivity contribution < 1.29 is 14.3 Å². The largest absolute Gasteiger partial charge is 0.494 e. The SMILES string of the molecule is COc1cccc2sc(N(CC3CCCO3)C(=O)CC(c3ccccc3)c3ccccc3)nc12. The Morgan fingerprint density at radius 2 is 1.76 bits per heavy atom. The van der Waals surface area contributed by atoms with Crippen LogP contribution in [-0.4, -0.2) is 37.3 Å². The van der Waals surface area contributed by atoms with E-state index in [9.17, 15) is 4.79 Å². The number of thiazole rings is 1. The van der Waals surface area contributed by atoms with Crippen molar-refractivity contribution in [3.63, 3.8) is 0 Å². The van der Waals surface area contributed by atoms with Gasteiger partial charge in [0.05, 0.1) is 24.5 Å². The standard InChI is InChI=1S/C28H28N2O3S/c1-32-24-15-8-16-25-27(24)29-28(34-25)30(19-22-14-9-17-33-22)26(31)18-23(20-10-4-2-5-11-20)21-12-6-3-7-13-21/h2-8,10-13,15-16,22-23H,9,14,17-19H2,1H3. The van der Waals surface area contributed by atoms with Crippen molar-refractivity contribution >= 4 is 32.6 Å². The molecule has 174 valence electrons. The number of ether oxygens (including phenoxy) is 2. The summed E-state index contributed by atoms with van der Waals surface area (Å²) in [4.78, 5) is 20.6. The smallest absolute Gasteiger partial charge is 0.229 e.